The van der Waals surface area contributed by atoms with E-state index in [9.17, 15) is 4.79 Å². The maximum atomic E-state index is 12.3. The number of nitrogens with zero attached hydrogens (tertiary/aromatic N) is 5. The Labute approximate surface area is 150 Å². The van der Waals surface area contributed by atoms with Crippen LogP contribution in [0.5, 0.6) is 0 Å². The number of benzene rings is 1. The molecule has 0 aliphatic carbocycles. The molecule has 1 atom stereocenters. The third kappa shape index (κ3) is 3.13. The van der Waals surface area contributed by atoms with Crippen LogP contribution in [0.4, 0.5) is 0 Å². The van der Waals surface area contributed by atoms with Gasteiger partial charge in [-0.15, -0.1) is 0 Å². The van der Waals surface area contributed by atoms with Gasteiger partial charge in [0.2, 0.25) is 5.43 Å². The summed E-state index contributed by atoms with van der Waals surface area (Å²) in [5, 5.41) is 9.78. The molecular formula is C20H19N5O. The van der Waals surface area contributed by atoms with Crippen molar-refractivity contribution in [3.8, 4) is 5.69 Å². The number of hydrogen-bond donors (Lipinski definition) is 0. The molecule has 0 amide bonds. The third-order valence-corrected chi connectivity index (χ3v) is 4.53. The van der Waals surface area contributed by atoms with Gasteiger partial charge in [0, 0.05) is 37.3 Å². The highest BCUT2D eigenvalue weighted by molar-refractivity contribution is 5.79. The van der Waals surface area contributed by atoms with Crippen molar-refractivity contribution in [2.75, 3.05) is 0 Å². The van der Waals surface area contributed by atoms with Crippen LogP contribution in [0, 0.1) is 0 Å². The molecule has 0 spiro atoms. The van der Waals surface area contributed by atoms with E-state index < -0.39 is 0 Å². The van der Waals surface area contributed by atoms with E-state index in [0.29, 0.717) is 12.1 Å². The van der Waals surface area contributed by atoms with E-state index in [2.05, 4.69) is 40.3 Å². The van der Waals surface area contributed by atoms with Crippen LogP contribution in [0.1, 0.15) is 24.1 Å². The summed E-state index contributed by atoms with van der Waals surface area (Å²) in [6, 6.07) is 11.8. The van der Waals surface area contributed by atoms with Gasteiger partial charge in [-0.3, -0.25) is 14.5 Å². The minimum Gasteiger partial charge on any atom is -0.288 e. The molecule has 0 N–H and O–H groups in total. The first-order valence-corrected chi connectivity index (χ1v) is 8.53. The molecule has 26 heavy (non-hydrogen) atoms. The van der Waals surface area contributed by atoms with E-state index in [-0.39, 0.29) is 11.3 Å². The normalized spacial score (nSPS) is 12.4. The van der Waals surface area contributed by atoms with Crippen molar-refractivity contribution < 1.29 is 0 Å². The molecular weight excluding hydrogens is 326 g/mol. The zero-order valence-corrected chi connectivity index (χ0v) is 14.7. The summed E-state index contributed by atoms with van der Waals surface area (Å²) in [5.41, 5.74) is 3.48. The maximum absolute atomic E-state index is 12.3. The second kappa shape index (κ2) is 6.55. The number of aryl methyl sites for hydroxylation is 1. The molecule has 0 aliphatic heterocycles. The fraction of sp³-hybridized carbons (Fsp3) is 0.200. The number of aromatic nitrogens is 5. The Hall–Kier alpha value is -3.28. The molecule has 0 saturated carbocycles. The second-order valence-corrected chi connectivity index (χ2v) is 6.50. The Morgan fingerprint density at radius 1 is 1.19 bits per heavy atom. The molecule has 0 saturated heterocycles. The fourth-order valence-electron chi connectivity index (χ4n) is 3.07. The Balaban J connectivity index is 1.64. The van der Waals surface area contributed by atoms with Gasteiger partial charge in [0.05, 0.1) is 17.9 Å². The first-order valence-electron chi connectivity index (χ1n) is 8.53. The summed E-state index contributed by atoms with van der Waals surface area (Å²) in [6.45, 7) is 2.11. The van der Waals surface area contributed by atoms with E-state index >= 15 is 0 Å². The Morgan fingerprint density at radius 2 is 2.08 bits per heavy atom. The highest BCUT2D eigenvalue weighted by atomic mass is 16.1. The highest BCUT2D eigenvalue weighted by Crippen LogP contribution is 2.22. The number of pyridine rings is 1. The summed E-state index contributed by atoms with van der Waals surface area (Å²) in [4.78, 5) is 16.6. The van der Waals surface area contributed by atoms with Crippen molar-refractivity contribution in [2.24, 2.45) is 7.05 Å². The van der Waals surface area contributed by atoms with Gasteiger partial charge < -0.3 is 0 Å². The van der Waals surface area contributed by atoms with Gasteiger partial charge in [0.1, 0.15) is 11.4 Å². The van der Waals surface area contributed by atoms with Gasteiger partial charge in [-0.25, -0.2) is 4.68 Å². The van der Waals surface area contributed by atoms with E-state index in [4.69, 9.17) is 0 Å². The lowest BCUT2D eigenvalue weighted by molar-refractivity contribution is 0.693. The Bertz CT molecular complexity index is 1130. The summed E-state index contributed by atoms with van der Waals surface area (Å²) in [6.07, 6.45) is 7.63. The molecule has 0 aliphatic rings. The zero-order valence-electron chi connectivity index (χ0n) is 14.7. The minimum absolute atomic E-state index is 0.0422. The lowest BCUT2D eigenvalue weighted by Crippen LogP contribution is -2.17. The quantitative estimate of drug-likeness (QED) is 0.570. The summed E-state index contributed by atoms with van der Waals surface area (Å²) >= 11 is 0. The van der Waals surface area contributed by atoms with Crippen molar-refractivity contribution >= 4 is 10.9 Å². The van der Waals surface area contributed by atoms with E-state index in [1.54, 1.807) is 34.0 Å². The predicted octanol–water partition coefficient (Wildman–Crippen LogP) is 2.86. The van der Waals surface area contributed by atoms with Crippen LogP contribution in [0.3, 0.4) is 0 Å². The Kier molecular flexibility index (Phi) is 4.08. The Morgan fingerprint density at radius 3 is 2.88 bits per heavy atom. The first-order chi connectivity index (χ1) is 12.6. The van der Waals surface area contributed by atoms with Crippen LogP contribution in [-0.4, -0.2) is 24.5 Å². The molecule has 6 heteroatoms. The largest absolute Gasteiger partial charge is 0.288 e. The molecule has 3 heterocycles. The van der Waals surface area contributed by atoms with Gasteiger partial charge in [-0.2, -0.15) is 10.2 Å². The first kappa shape index (κ1) is 16.2. The van der Waals surface area contributed by atoms with E-state index in [1.165, 1.54) is 5.56 Å². The molecule has 1 unspecified atom stereocenters. The molecule has 3 aromatic heterocycles. The SMILES string of the molecule is CC(Cc1nn(-c2cnn(C)c2)ccc1=O)c1ccc2ncccc2c1. The van der Waals surface area contributed by atoms with Crippen LogP contribution < -0.4 is 5.43 Å². The lowest BCUT2D eigenvalue weighted by Gasteiger charge is -2.13. The molecule has 0 bridgehead atoms. The van der Waals surface area contributed by atoms with E-state index in [0.717, 1.165) is 16.6 Å². The predicted molar refractivity (Wildman–Crippen MR) is 100 cm³/mol. The van der Waals surface area contributed by atoms with Gasteiger partial charge in [-0.05, 0) is 29.7 Å². The van der Waals surface area contributed by atoms with Crippen LogP contribution in [0.15, 0.2) is 66.0 Å². The minimum atomic E-state index is -0.0422. The van der Waals surface area contributed by atoms with Gasteiger partial charge >= 0.3 is 0 Å². The van der Waals surface area contributed by atoms with Crippen LogP contribution in [-0.2, 0) is 13.5 Å². The van der Waals surface area contributed by atoms with Crippen LogP contribution >= 0.6 is 0 Å². The van der Waals surface area contributed by atoms with Crippen molar-refractivity contribution in [3.63, 3.8) is 0 Å². The number of rotatable bonds is 4. The summed E-state index contributed by atoms with van der Waals surface area (Å²) in [5.74, 6) is 0.171. The van der Waals surface area contributed by atoms with Gasteiger partial charge in [-0.1, -0.05) is 19.1 Å². The molecule has 1 aromatic carbocycles. The van der Waals surface area contributed by atoms with Crippen LogP contribution in [0.25, 0.3) is 16.6 Å². The molecule has 0 fully saturated rings. The molecule has 4 aromatic rings. The van der Waals surface area contributed by atoms with Crippen molar-refractivity contribution in [1.82, 2.24) is 24.5 Å². The zero-order chi connectivity index (χ0) is 18.1. The number of fused-ring (bicyclic) bond motifs is 1. The molecule has 0 radical (unpaired) electrons. The van der Waals surface area contributed by atoms with E-state index in [1.807, 2.05) is 25.4 Å². The third-order valence-electron chi connectivity index (χ3n) is 4.53. The average Bonchev–Trinajstić information content (AvgIpc) is 3.09. The van der Waals surface area contributed by atoms with Crippen molar-refractivity contribution in [1.29, 1.82) is 0 Å². The van der Waals surface area contributed by atoms with Gasteiger partial charge in [0.15, 0.2) is 0 Å². The molecule has 4 rings (SSSR count). The summed E-state index contributed by atoms with van der Waals surface area (Å²) < 4.78 is 3.40. The summed E-state index contributed by atoms with van der Waals surface area (Å²) in [7, 11) is 1.85. The average molecular weight is 345 g/mol. The standard InChI is InChI=1S/C20H19N5O/c1-14(15-5-6-18-16(11-15)4-3-8-21-18)10-19-20(26)7-9-25(23-19)17-12-22-24(2)13-17/h3-9,11-14H,10H2,1-2H3. The van der Waals surface area contributed by atoms with Crippen LogP contribution in [0.2, 0.25) is 0 Å². The van der Waals surface area contributed by atoms with Crippen molar-refractivity contribution in [2.45, 2.75) is 19.3 Å². The monoisotopic (exact) mass is 345 g/mol. The maximum Gasteiger partial charge on any atom is 0.203 e. The fourth-order valence-corrected chi connectivity index (χ4v) is 3.07. The molecule has 6 nitrogen and oxygen atoms in total. The highest BCUT2D eigenvalue weighted by Gasteiger charge is 2.12. The molecule has 130 valence electrons. The smallest absolute Gasteiger partial charge is 0.203 e. The number of hydrogen-bond acceptors (Lipinski definition) is 4. The lowest BCUT2D eigenvalue weighted by atomic mass is 9.95. The van der Waals surface area contributed by atoms with Crippen molar-refractivity contribution in [3.05, 3.63) is 82.7 Å². The van der Waals surface area contributed by atoms with Gasteiger partial charge in [0.25, 0.3) is 0 Å². The topological polar surface area (TPSA) is 65.6 Å². The second-order valence-electron chi connectivity index (χ2n) is 6.50.